The molecule has 1 aliphatic heterocycles. The van der Waals surface area contributed by atoms with Crippen LogP contribution in [0.5, 0.6) is 5.88 Å². The van der Waals surface area contributed by atoms with Crippen molar-refractivity contribution in [3.63, 3.8) is 0 Å². The molecule has 3 rings (SSSR count). The predicted molar refractivity (Wildman–Crippen MR) is 94.1 cm³/mol. The molecular weight excluding hydrogens is 324 g/mol. The Morgan fingerprint density at radius 2 is 2.12 bits per heavy atom. The van der Waals surface area contributed by atoms with Crippen LogP contribution in [-0.2, 0) is 4.79 Å². The second-order valence-electron chi connectivity index (χ2n) is 5.57. The lowest BCUT2D eigenvalue weighted by atomic mass is 10.1. The Hall–Kier alpha value is -2.15. The lowest BCUT2D eigenvalue weighted by molar-refractivity contribution is -0.118. The third kappa shape index (κ3) is 3.21. The van der Waals surface area contributed by atoms with Crippen molar-refractivity contribution in [2.45, 2.75) is 45.0 Å². The molecule has 1 atom stereocenters. The molecule has 0 N–H and O–H groups in total. The van der Waals surface area contributed by atoms with Gasteiger partial charge in [0.1, 0.15) is 0 Å². The summed E-state index contributed by atoms with van der Waals surface area (Å²) in [4.78, 5) is 18.2. The van der Waals surface area contributed by atoms with Crippen LogP contribution in [0.4, 0.5) is 5.69 Å². The number of nitrogens with zero attached hydrogens (tertiary/aromatic N) is 4. The monoisotopic (exact) mass is 344 g/mol. The molecule has 126 valence electrons. The van der Waals surface area contributed by atoms with Gasteiger partial charge in [-0.1, -0.05) is 43.3 Å². The number of carbonyl (C=O) groups is 1. The Labute approximate surface area is 145 Å². The van der Waals surface area contributed by atoms with Gasteiger partial charge in [0.2, 0.25) is 16.9 Å². The number of hydrogen-bond donors (Lipinski definition) is 0. The third-order valence-corrected chi connectivity index (χ3v) is 4.69. The number of ether oxygens (including phenoxy) is 1. The fourth-order valence-electron chi connectivity index (χ4n) is 2.64. The van der Waals surface area contributed by atoms with Crippen LogP contribution < -0.4 is 9.64 Å². The first-order valence-corrected chi connectivity index (χ1v) is 9.03. The minimum absolute atomic E-state index is 0.0896. The van der Waals surface area contributed by atoms with Crippen molar-refractivity contribution in [2.24, 2.45) is 0 Å². The molecule has 1 aromatic carbocycles. The minimum atomic E-state index is -0.463. The Balaban J connectivity index is 2.03. The normalized spacial score (nSPS) is 16.0. The van der Waals surface area contributed by atoms with E-state index in [0.717, 1.165) is 29.8 Å². The van der Waals surface area contributed by atoms with E-state index in [1.807, 2.05) is 31.2 Å². The summed E-state index contributed by atoms with van der Waals surface area (Å²) in [6.07, 6.45) is 1.76. The number of anilines is 1. The van der Waals surface area contributed by atoms with Crippen molar-refractivity contribution < 1.29 is 9.53 Å². The lowest BCUT2D eigenvalue weighted by Gasteiger charge is -2.26. The molecule has 0 radical (unpaired) electrons. The number of fused-ring (bicyclic) bond motifs is 3. The number of unbranched alkanes of at least 4 members (excludes halogenated alkanes) is 1. The number of hydrogen-bond acceptors (Lipinski definition) is 6. The number of benzene rings is 1. The Bertz CT molecular complexity index is 753. The van der Waals surface area contributed by atoms with Crippen LogP contribution in [0.1, 0.15) is 33.6 Å². The Morgan fingerprint density at radius 1 is 1.33 bits per heavy atom. The highest BCUT2D eigenvalue weighted by molar-refractivity contribution is 7.99. The van der Waals surface area contributed by atoms with Crippen LogP contribution in [0.25, 0.3) is 11.3 Å². The van der Waals surface area contributed by atoms with E-state index in [1.54, 1.807) is 16.7 Å². The zero-order valence-corrected chi connectivity index (χ0v) is 14.8. The molecule has 6 nitrogen and oxygen atoms in total. The fourth-order valence-corrected chi connectivity index (χ4v) is 3.50. The number of aromatic nitrogens is 3. The number of thioether (sulfide) groups is 1. The first kappa shape index (κ1) is 16.7. The Kier molecular flexibility index (Phi) is 4.99. The summed E-state index contributed by atoms with van der Waals surface area (Å²) in [5, 5.41) is 9.15. The molecule has 0 unspecified atom stereocenters. The van der Waals surface area contributed by atoms with Crippen molar-refractivity contribution >= 4 is 23.4 Å². The van der Waals surface area contributed by atoms with Gasteiger partial charge in [0.25, 0.3) is 0 Å². The quantitative estimate of drug-likeness (QED) is 0.624. The van der Waals surface area contributed by atoms with Crippen LogP contribution in [0.3, 0.4) is 0 Å². The van der Waals surface area contributed by atoms with Crippen molar-refractivity contribution in [3.8, 4) is 17.1 Å². The standard InChI is InChI=1S/C17H20N4O2S/c1-4-5-10-24-17-18-16-15(19-20-17)13-8-6-7-9-14(13)21(11(2)22)12(3)23-16/h6-9,12H,4-5,10H2,1-3H3/t12-/m1/s1. The zero-order chi connectivity index (χ0) is 17.1. The first-order valence-electron chi connectivity index (χ1n) is 8.05. The molecular formula is C17H20N4O2S. The maximum Gasteiger partial charge on any atom is 0.247 e. The van der Waals surface area contributed by atoms with Crippen LogP contribution in [0.15, 0.2) is 29.4 Å². The topological polar surface area (TPSA) is 68.2 Å². The molecule has 24 heavy (non-hydrogen) atoms. The summed E-state index contributed by atoms with van der Waals surface area (Å²) in [5.74, 6) is 1.28. The molecule has 0 fully saturated rings. The summed E-state index contributed by atoms with van der Waals surface area (Å²) in [6, 6.07) is 7.59. The molecule has 0 aliphatic carbocycles. The number of amides is 1. The average Bonchev–Trinajstić information content (AvgIpc) is 2.68. The summed E-state index contributed by atoms with van der Waals surface area (Å²) in [7, 11) is 0. The van der Waals surface area contributed by atoms with E-state index in [4.69, 9.17) is 4.74 Å². The maximum absolute atomic E-state index is 12.1. The molecule has 2 aromatic rings. The van der Waals surface area contributed by atoms with Gasteiger partial charge < -0.3 is 4.74 Å². The molecule has 0 spiro atoms. The Morgan fingerprint density at radius 3 is 2.88 bits per heavy atom. The van der Waals surface area contributed by atoms with Gasteiger partial charge in [-0.2, -0.15) is 4.98 Å². The molecule has 0 bridgehead atoms. The second kappa shape index (κ2) is 7.17. The van der Waals surface area contributed by atoms with Crippen LogP contribution in [-0.4, -0.2) is 33.1 Å². The number of para-hydroxylation sites is 1. The van der Waals surface area contributed by atoms with Gasteiger partial charge in [0.05, 0.1) is 5.69 Å². The van der Waals surface area contributed by atoms with E-state index in [1.165, 1.54) is 6.92 Å². The van der Waals surface area contributed by atoms with Crippen LogP contribution in [0.2, 0.25) is 0 Å². The highest BCUT2D eigenvalue weighted by Gasteiger charge is 2.30. The first-order chi connectivity index (χ1) is 11.6. The third-order valence-electron chi connectivity index (χ3n) is 3.77. The maximum atomic E-state index is 12.1. The highest BCUT2D eigenvalue weighted by Crippen LogP contribution is 2.39. The molecule has 7 heteroatoms. The van der Waals surface area contributed by atoms with Gasteiger partial charge in [-0.15, -0.1) is 10.2 Å². The molecule has 0 saturated heterocycles. The van der Waals surface area contributed by atoms with E-state index >= 15 is 0 Å². The van der Waals surface area contributed by atoms with Crippen LogP contribution >= 0.6 is 11.8 Å². The van der Waals surface area contributed by atoms with Gasteiger partial charge in [0, 0.05) is 18.2 Å². The van der Waals surface area contributed by atoms with E-state index in [2.05, 4.69) is 22.1 Å². The number of rotatable bonds is 4. The van der Waals surface area contributed by atoms with Gasteiger partial charge in [-0.3, -0.25) is 9.69 Å². The molecule has 1 aromatic heterocycles. The van der Waals surface area contributed by atoms with Gasteiger partial charge in [-0.25, -0.2) is 0 Å². The highest BCUT2D eigenvalue weighted by atomic mass is 32.2. The van der Waals surface area contributed by atoms with Crippen molar-refractivity contribution in [2.75, 3.05) is 10.7 Å². The largest absolute Gasteiger partial charge is 0.452 e. The van der Waals surface area contributed by atoms with Gasteiger partial charge >= 0.3 is 0 Å². The van der Waals surface area contributed by atoms with Crippen molar-refractivity contribution in [1.82, 2.24) is 15.2 Å². The van der Waals surface area contributed by atoms with Crippen molar-refractivity contribution in [1.29, 1.82) is 0 Å². The molecule has 0 saturated carbocycles. The zero-order valence-electron chi connectivity index (χ0n) is 14.0. The van der Waals surface area contributed by atoms with Gasteiger partial charge in [0.15, 0.2) is 11.9 Å². The summed E-state index contributed by atoms with van der Waals surface area (Å²) in [6.45, 7) is 5.51. The van der Waals surface area contributed by atoms with E-state index < -0.39 is 6.23 Å². The van der Waals surface area contributed by atoms with E-state index in [-0.39, 0.29) is 5.91 Å². The number of carbonyl (C=O) groups excluding carboxylic acids is 1. The fraction of sp³-hybridized carbons (Fsp3) is 0.412. The summed E-state index contributed by atoms with van der Waals surface area (Å²) >= 11 is 1.57. The molecule has 2 heterocycles. The molecule has 1 aliphatic rings. The van der Waals surface area contributed by atoms with E-state index in [0.29, 0.717) is 16.7 Å². The smallest absolute Gasteiger partial charge is 0.247 e. The second-order valence-corrected chi connectivity index (χ2v) is 6.64. The lowest BCUT2D eigenvalue weighted by Crippen LogP contribution is -2.40. The molecule has 1 amide bonds. The predicted octanol–water partition coefficient (Wildman–Crippen LogP) is 3.52. The minimum Gasteiger partial charge on any atom is -0.452 e. The summed E-state index contributed by atoms with van der Waals surface area (Å²) in [5.41, 5.74) is 2.14. The SMILES string of the molecule is CCCCSc1nnc2c(n1)O[C@H](C)N(C(C)=O)c1ccccc1-2. The van der Waals surface area contributed by atoms with Crippen LogP contribution in [0, 0.1) is 0 Å². The van der Waals surface area contributed by atoms with Crippen molar-refractivity contribution in [3.05, 3.63) is 24.3 Å². The summed E-state index contributed by atoms with van der Waals surface area (Å²) < 4.78 is 5.94. The average molecular weight is 344 g/mol. The van der Waals surface area contributed by atoms with Gasteiger partial charge in [-0.05, 0) is 19.4 Å². The van der Waals surface area contributed by atoms with E-state index in [9.17, 15) is 4.79 Å².